The molecule has 0 saturated heterocycles. The van der Waals surface area contributed by atoms with Crippen LogP contribution in [0.15, 0.2) is 35.8 Å². The minimum Gasteiger partial charge on any atom is -0.437 e. The molecule has 0 aliphatic heterocycles. The lowest BCUT2D eigenvalue weighted by Crippen LogP contribution is -1.93. The molecule has 3 rings (SSSR count). The second-order valence-corrected chi connectivity index (χ2v) is 4.69. The van der Waals surface area contributed by atoms with E-state index in [1.165, 1.54) is 11.3 Å². The number of ether oxygens (including phenoxy) is 1. The first-order valence-electron chi connectivity index (χ1n) is 5.55. The molecule has 0 spiro atoms. The Morgan fingerprint density at radius 3 is 2.84 bits per heavy atom. The van der Waals surface area contributed by atoms with Crippen LogP contribution in [0.4, 0.5) is 0 Å². The van der Waals surface area contributed by atoms with Crippen LogP contribution in [0, 0.1) is 11.3 Å². The highest BCUT2D eigenvalue weighted by Gasteiger charge is 2.14. The summed E-state index contributed by atoms with van der Waals surface area (Å²) in [7, 11) is 0. The fourth-order valence-corrected chi connectivity index (χ4v) is 2.47. The highest BCUT2D eigenvalue weighted by Crippen LogP contribution is 2.27. The van der Waals surface area contributed by atoms with Gasteiger partial charge in [0.05, 0.1) is 18.2 Å². The Labute approximate surface area is 112 Å². The highest BCUT2D eigenvalue weighted by molar-refractivity contribution is 7.15. The number of nitrogens with zero attached hydrogens (tertiary/aromatic N) is 3. The Morgan fingerprint density at radius 1 is 1.37 bits per heavy atom. The van der Waals surface area contributed by atoms with Crippen molar-refractivity contribution in [3.8, 4) is 17.7 Å². The van der Waals surface area contributed by atoms with Gasteiger partial charge >= 0.3 is 0 Å². The van der Waals surface area contributed by atoms with Gasteiger partial charge in [0, 0.05) is 11.6 Å². The van der Waals surface area contributed by atoms with Crippen molar-refractivity contribution in [1.82, 2.24) is 9.38 Å². The van der Waals surface area contributed by atoms with Crippen molar-refractivity contribution in [3.63, 3.8) is 0 Å². The summed E-state index contributed by atoms with van der Waals surface area (Å²) in [5.41, 5.74) is 1.18. The molecule has 0 atom stereocenters. The van der Waals surface area contributed by atoms with Crippen LogP contribution >= 0.6 is 11.3 Å². The van der Waals surface area contributed by atoms with Crippen LogP contribution in [0.3, 0.4) is 0 Å². The summed E-state index contributed by atoms with van der Waals surface area (Å²) in [5.74, 6) is 0.971. The van der Waals surface area contributed by atoms with E-state index in [-0.39, 0.29) is 6.61 Å². The van der Waals surface area contributed by atoms with Gasteiger partial charge in [-0.1, -0.05) is 0 Å². The van der Waals surface area contributed by atoms with Gasteiger partial charge in [-0.3, -0.25) is 4.40 Å². The molecule has 0 aliphatic rings. The third kappa shape index (κ3) is 2.05. The van der Waals surface area contributed by atoms with E-state index in [0.717, 1.165) is 4.96 Å². The summed E-state index contributed by atoms with van der Waals surface area (Å²) in [4.78, 5) is 5.09. The third-order valence-corrected chi connectivity index (χ3v) is 3.43. The Hall–Kier alpha value is -2.36. The number of rotatable bonds is 3. The van der Waals surface area contributed by atoms with Crippen LogP contribution < -0.4 is 4.74 Å². The van der Waals surface area contributed by atoms with Crippen LogP contribution in [-0.2, 0) is 6.61 Å². The molecule has 0 fully saturated rings. The topological polar surface area (TPSA) is 70.5 Å². The van der Waals surface area contributed by atoms with Crippen LogP contribution in [-0.4, -0.2) is 14.5 Å². The number of benzene rings is 1. The second kappa shape index (κ2) is 4.72. The van der Waals surface area contributed by atoms with Crippen molar-refractivity contribution >= 4 is 16.3 Å². The van der Waals surface area contributed by atoms with Crippen LogP contribution in [0.1, 0.15) is 11.3 Å². The van der Waals surface area contributed by atoms with Crippen molar-refractivity contribution in [2.24, 2.45) is 0 Å². The minimum atomic E-state index is -0.149. The average molecular weight is 271 g/mol. The molecule has 19 heavy (non-hydrogen) atoms. The molecule has 1 aromatic carbocycles. The summed E-state index contributed by atoms with van der Waals surface area (Å²) < 4.78 is 7.44. The maximum absolute atomic E-state index is 9.40. The maximum Gasteiger partial charge on any atom is 0.244 e. The van der Waals surface area contributed by atoms with Crippen molar-refractivity contribution in [2.45, 2.75) is 6.61 Å². The van der Waals surface area contributed by atoms with E-state index in [9.17, 15) is 5.11 Å². The average Bonchev–Trinajstić information content (AvgIpc) is 3.00. The van der Waals surface area contributed by atoms with Gasteiger partial charge in [-0.25, -0.2) is 0 Å². The quantitative estimate of drug-likeness (QED) is 0.794. The molecular formula is C13H9N3O2S. The fraction of sp³-hybridized carbons (Fsp3) is 0.0769. The first-order chi connectivity index (χ1) is 9.31. The van der Waals surface area contributed by atoms with Crippen molar-refractivity contribution in [2.75, 3.05) is 0 Å². The molecule has 2 aromatic heterocycles. The molecule has 0 bridgehead atoms. The van der Waals surface area contributed by atoms with Gasteiger partial charge < -0.3 is 9.84 Å². The Kier molecular flexibility index (Phi) is 2.91. The first kappa shape index (κ1) is 11.7. The minimum absolute atomic E-state index is 0.149. The lowest BCUT2D eigenvalue weighted by atomic mass is 10.2. The van der Waals surface area contributed by atoms with E-state index in [2.05, 4.69) is 4.98 Å². The zero-order valence-corrected chi connectivity index (χ0v) is 10.6. The van der Waals surface area contributed by atoms with E-state index in [0.29, 0.717) is 22.9 Å². The smallest absolute Gasteiger partial charge is 0.244 e. The van der Waals surface area contributed by atoms with Gasteiger partial charge in [-0.2, -0.15) is 10.2 Å². The summed E-state index contributed by atoms with van der Waals surface area (Å²) >= 11 is 1.47. The molecule has 2 heterocycles. The summed E-state index contributed by atoms with van der Waals surface area (Å²) in [6, 6.07) is 8.79. The second-order valence-electron chi connectivity index (χ2n) is 3.82. The van der Waals surface area contributed by atoms with E-state index in [1.807, 2.05) is 17.6 Å². The maximum atomic E-state index is 9.40. The normalized spacial score (nSPS) is 10.5. The zero-order valence-electron chi connectivity index (χ0n) is 9.78. The van der Waals surface area contributed by atoms with Gasteiger partial charge in [-0.05, 0) is 24.3 Å². The number of aliphatic hydroxyl groups excluding tert-OH is 1. The molecule has 0 saturated carbocycles. The number of fused-ring (bicyclic) bond motifs is 1. The van der Waals surface area contributed by atoms with E-state index < -0.39 is 0 Å². The van der Waals surface area contributed by atoms with E-state index in [1.54, 1.807) is 28.7 Å². The van der Waals surface area contributed by atoms with Gasteiger partial charge in [-0.15, -0.1) is 11.3 Å². The molecule has 3 aromatic rings. The number of hydrogen-bond donors (Lipinski definition) is 1. The first-order valence-corrected chi connectivity index (χ1v) is 6.43. The van der Waals surface area contributed by atoms with Crippen LogP contribution in [0.25, 0.3) is 4.96 Å². The van der Waals surface area contributed by atoms with Gasteiger partial charge in [0.2, 0.25) is 5.88 Å². The monoisotopic (exact) mass is 271 g/mol. The van der Waals surface area contributed by atoms with E-state index in [4.69, 9.17) is 10.00 Å². The Morgan fingerprint density at radius 2 is 2.16 bits per heavy atom. The van der Waals surface area contributed by atoms with Gasteiger partial charge in [0.25, 0.3) is 0 Å². The Bertz CT molecular complexity index is 752. The number of imidazole rings is 1. The Balaban J connectivity index is 1.95. The molecule has 0 unspecified atom stereocenters. The summed E-state index contributed by atoms with van der Waals surface area (Å²) in [6.07, 6.45) is 1.84. The van der Waals surface area contributed by atoms with E-state index >= 15 is 0 Å². The lowest BCUT2D eigenvalue weighted by Gasteiger charge is -2.04. The predicted molar refractivity (Wildman–Crippen MR) is 70.2 cm³/mol. The largest absolute Gasteiger partial charge is 0.437 e. The number of aliphatic hydroxyl groups is 1. The van der Waals surface area contributed by atoms with Crippen LogP contribution in [0.5, 0.6) is 11.6 Å². The molecular weight excluding hydrogens is 262 g/mol. The van der Waals surface area contributed by atoms with Gasteiger partial charge in [0.1, 0.15) is 11.4 Å². The molecule has 0 amide bonds. The molecule has 5 nitrogen and oxygen atoms in total. The molecule has 94 valence electrons. The summed E-state index contributed by atoms with van der Waals surface area (Å²) in [6.45, 7) is -0.149. The number of thiazole rings is 1. The SMILES string of the molecule is N#Cc1ccc(Oc2nc3sccn3c2CO)cc1. The molecule has 6 heteroatoms. The lowest BCUT2D eigenvalue weighted by molar-refractivity contribution is 0.270. The van der Waals surface area contributed by atoms with Crippen molar-refractivity contribution in [1.29, 1.82) is 5.26 Å². The third-order valence-electron chi connectivity index (χ3n) is 2.67. The van der Waals surface area contributed by atoms with Crippen molar-refractivity contribution < 1.29 is 9.84 Å². The molecule has 0 radical (unpaired) electrons. The fourth-order valence-electron chi connectivity index (χ4n) is 1.75. The summed E-state index contributed by atoms with van der Waals surface area (Å²) in [5, 5.41) is 20.0. The van der Waals surface area contributed by atoms with Crippen LogP contribution in [0.2, 0.25) is 0 Å². The standard InChI is InChI=1S/C13H9N3O2S/c14-7-9-1-3-10(4-2-9)18-12-11(8-17)16-5-6-19-13(16)15-12/h1-6,17H,8H2. The molecule has 0 aliphatic carbocycles. The number of nitriles is 1. The zero-order chi connectivity index (χ0) is 13.2. The van der Waals surface area contributed by atoms with Crippen molar-refractivity contribution in [3.05, 3.63) is 47.1 Å². The molecule has 1 N–H and O–H groups in total. The highest BCUT2D eigenvalue weighted by atomic mass is 32.1. The predicted octanol–water partition coefficient (Wildman–Crippen LogP) is 2.55. The number of aromatic nitrogens is 2. The number of hydrogen-bond acceptors (Lipinski definition) is 5. The van der Waals surface area contributed by atoms with Gasteiger partial charge in [0.15, 0.2) is 4.96 Å².